The number of hydrogen-bond acceptors (Lipinski definition) is 5. The number of nitrogens with zero attached hydrogens (tertiary/aromatic N) is 4. The van der Waals surface area contributed by atoms with Gasteiger partial charge in [0.2, 0.25) is 5.91 Å². The van der Waals surface area contributed by atoms with Gasteiger partial charge >= 0.3 is 0 Å². The molecular weight excluding hydrogens is 342 g/mol. The highest BCUT2D eigenvalue weighted by molar-refractivity contribution is 5.82. The summed E-state index contributed by atoms with van der Waals surface area (Å²) in [5.41, 5.74) is 1.23. The molecule has 1 atom stereocenters. The van der Waals surface area contributed by atoms with Crippen molar-refractivity contribution in [2.75, 3.05) is 39.3 Å². The smallest absolute Gasteiger partial charge is 0.238 e. The number of rotatable bonds is 7. The van der Waals surface area contributed by atoms with Crippen LogP contribution in [0.25, 0.3) is 0 Å². The first-order chi connectivity index (χ1) is 13.3. The van der Waals surface area contributed by atoms with Crippen molar-refractivity contribution in [1.29, 1.82) is 0 Å². The molecule has 2 fully saturated rings. The molecule has 0 saturated carbocycles. The van der Waals surface area contributed by atoms with Crippen molar-refractivity contribution < 1.29 is 9.53 Å². The minimum atomic E-state index is -0.00453. The van der Waals surface area contributed by atoms with Gasteiger partial charge in [0.05, 0.1) is 12.9 Å². The van der Waals surface area contributed by atoms with Crippen LogP contribution in [-0.4, -0.2) is 70.6 Å². The topological polar surface area (TPSA) is 62.6 Å². The van der Waals surface area contributed by atoms with Crippen LogP contribution < -0.4 is 10.1 Å². The molecule has 4 rings (SSSR count). The lowest BCUT2D eigenvalue weighted by molar-refractivity contribution is -0.131. The number of piperazine rings is 2. The molecule has 7 nitrogen and oxygen atoms in total. The number of imidazole rings is 1. The third kappa shape index (κ3) is 4.67. The number of aryl methyl sites for hydroxylation is 1. The second kappa shape index (κ2) is 8.54. The summed E-state index contributed by atoms with van der Waals surface area (Å²) >= 11 is 0. The van der Waals surface area contributed by atoms with Gasteiger partial charge in [0.1, 0.15) is 11.8 Å². The molecule has 144 valence electrons. The first-order valence-corrected chi connectivity index (χ1v) is 9.69. The van der Waals surface area contributed by atoms with E-state index < -0.39 is 0 Å². The lowest BCUT2D eigenvalue weighted by Crippen LogP contribution is -2.63. The van der Waals surface area contributed by atoms with Crippen LogP contribution >= 0.6 is 0 Å². The molecule has 1 amide bonds. The Hall–Kier alpha value is -2.38. The Bertz CT molecular complexity index is 749. The predicted octanol–water partition coefficient (Wildman–Crippen LogP) is 0.968. The van der Waals surface area contributed by atoms with Crippen LogP contribution in [-0.2, 0) is 17.9 Å². The molecule has 0 bridgehead atoms. The molecule has 1 aromatic heterocycles. The highest BCUT2D eigenvalue weighted by Crippen LogP contribution is 2.18. The lowest BCUT2D eigenvalue weighted by atomic mass is 10.1. The van der Waals surface area contributed by atoms with Crippen LogP contribution in [0.1, 0.15) is 12.0 Å². The zero-order valence-corrected chi connectivity index (χ0v) is 15.6. The molecule has 2 aliphatic rings. The van der Waals surface area contributed by atoms with E-state index in [0.717, 1.165) is 58.0 Å². The predicted molar refractivity (Wildman–Crippen MR) is 102 cm³/mol. The van der Waals surface area contributed by atoms with Crippen LogP contribution in [0, 0.1) is 0 Å². The Morgan fingerprint density at radius 3 is 3.11 bits per heavy atom. The molecule has 0 aliphatic carbocycles. The van der Waals surface area contributed by atoms with Crippen molar-refractivity contribution in [3.05, 3.63) is 48.5 Å². The number of carbonyl (C=O) groups excluding carboxylic acids is 1. The van der Waals surface area contributed by atoms with Crippen LogP contribution in [0.3, 0.4) is 0 Å². The van der Waals surface area contributed by atoms with E-state index in [9.17, 15) is 4.79 Å². The molecule has 1 N–H and O–H groups in total. The van der Waals surface area contributed by atoms with Gasteiger partial charge in [0, 0.05) is 58.2 Å². The summed E-state index contributed by atoms with van der Waals surface area (Å²) in [6, 6.07) is 8.29. The Labute approximate surface area is 159 Å². The Morgan fingerprint density at radius 2 is 2.22 bits per heavy atom. The van der Waals surface area contributed by atoms with E-state index in [0.29, 0.717) is 6.61 Å². The summed E-state index contributed by atoms with van der Waals surface area (Å²) in [4.78, 5) is 20.8. The maximum absolute atomic E-state index is 12.1. The van der Waals surface area contributed by atoms with Gasteiger partial charge in [0.25, 0.3) is 0 Å². The van der Waals surface area contributed by atoms with E-state index in [2.05, 4.69) is 36.8 Å². The standard InChI is InChI=1S/C20H27N5O2/c26-20-19-15-24(10-11-25(19)9-6-22-20)14-17-3-1-4-18(13-17)27-12-2-7-23-8-5-21-16-23/h1,3-5,8,13,16,19H,2,6-7,9-12,14-15H2,(H,22,26). The highest BCUT2D eigenvalue weighted by Gasteiger charge is 2.34. The lowest BCUT2D eigenvalue weighted by Gasteiger charge is -2.43. The number of aromatic nitrogens is 2. The third-order valence-electron chi connectivity index (χ3n) is 5.27. The van der Waals surface area contributed by atoms with Crippen molar-refractivity contribution in [2.45, 2.75) is 25.6 Å². The summed E-state index contributed by atoms with van der Waals surface area (Å²) in [6.45, 7) is 6.94. The quantitative estimate of drug-likeness (QED) is 0.737. The normalized spacial score (nSPS) is 20.9. The van der Waals surface area contributed by atoms with Crippen LogP contribution in [0.2, 0.25) is 0 Å². The molecular formula is C20H27N5O2. The molecule has 1 aromatic carbocycles. The maximum Gasteiger partial charge on any atom is 0.238 e. The van der Waals surface area contributed by atoms with Crippen molar-refractivity contribution >= 4 is 5.91 Å². The molecule has 27 heavy (non-hydrogen) atoms. The zero-order valence-electron chi connectivity index (χ0n) is 15.6. The summed E-state index contributed by atoms with van der Waals surface area (Å²) in [7, 11) is 0. The van der Waals surface area contributed by atoms with E-state index in [1.54, 1.807) is 6.20 Å². The van der Waals surface area contributed by atoms with Gasteiger partial charge in [-0.05, 0) is 24.1 Å². The van der Waals surface area contributed by atoms with Gasteiger partial charge < -0.3 is 14.6 Å². The Kier molecular flexibility index (Phi) is 5.69. The highest BCUT2D eigenvalue weighted by atomic mass is 16.5. The molecule has 2 aliphatic heterocycles. The number of amides is 1. The second-order valence-electron chi connectivity index (χ2n) is 7.23. The van der Waals surface area contributed by atoms with Gasteiger partial charge in [-0.1, -0.05) is 12.1 Å². The molecule has 2 aromatic rings. The van der Waals surface area contributed by atoms with E-state index in [-0.39, 0.29) is 11.9 Å². The zero-order chi connectivity index (χ0) is 18.5. The van der Waals surface area contributed by atoms with E-state index in [1.165, 1.54) is 5.56 Å². The van der Waals surface area contributed by atoms with Crippen LogP contribution in [0.4, 0.5) is 0 Å². The van der Waals surface area contributed by atoms with Crippen LogP contribution in [0.5, 0.6) is 5.75 Å². The minimum Gasteiger partial charge on any atom is -0.494 e. The second-order valence-corrected chi connectivity index (χ2v) is 7.23. The van der Waals surface area contributed by atoms with Crippen molar-refractivity contribution in [1.82, 2.24) is 24.7 Å². The monoisotopic (exact) mass is 369 g/mol. The molecule has 0 radical (unpaired) electrons. The average Bonchev–Trinajstić information content (AvgIpc) is 3.20. The fraction of sp³-hybridized carbons (Fsp3) is 0.500. The van der Waals surface area contributed by atoms with E-state index >= 15 is 0 Å². The first-order valence-electron chi connectivity index (χ1n) is 9.69. The number of carbonyl (C=O) groups is 1. The van der Waals surface area contributed by atoms with Crippen molar-refractivity contribution in [3.63, 3.8) is 0 Å². The molecule has 3 heterocycles. The fourth-order valence-corrected chi connectivity index (χ4v) is 3.83. The van der Waals surface area contributed by atoms with Gasteiger partial charge in [-0.3, -0.25) is 14.6 Å². The SMILES string of the molecule is O=C1NCCN2CCN(Cc3cccc(OCCCn4ccnc4)c3)CC12. The largest absolute Gasteiger partial charge is 0.494 e. The van der Waals surface area contributed by atoms with Crippen LogP contribution in [0.15, 0.2) is 43.0 Å². The number of ether oxygens (including phenoxy) is 1. The van der Waals surface area contributed by atoms with Crippen molar-refractivity contribution in [2.24, 2.45) is 0 Å². The fourth-order valence-electron chi connectivity index (χ4n) is 3.83. The summed E-state index contributed by atoms with van der Waals surface area (Å²) < 4.78 is 7.97. The molecule has 0 spiro atoms. The maximum atomic E-state index is 12.1. The molecule has 1 unspecified atom stereocenters. The number of benzene rings is 1. The summed E-state index contributed by atoms with van der Waals surface area (Å²) in [5, 5.41) is 2.98. The first kappa shape index (κ1) is 18.0. The molecule has 2 saturated heterocycles. The van der Waals surface area contributed by atoms with Gasteiger partial charge in [-0.15, -0.1) is 0 Å². The number of hydrogen-bond donors (Lipinski definition) is 1. The average molecular weight is 369 g/mol. The minimum absolute atomic E-state index is 0.00453. The number of fused-ring (bicyclic) bond motifs is 1. The van der Waals surface area contributed by atoms with Gasteiger partial charge in [-0.2, -0.15) is 0 Å². The van der Waals surface area contributed by atoms with Crippen molar-refractivity contribution in [3.8, 4) is 5.75 Å². The van der Waals surface area contributed by atoms with Gasteiger partial charge in [-0.25, -0.2) is 4.98 Å². The Morgan fingerprint density at radius 1 is 1.26 bits per heavy atom. The number of nitrogens with one attached hydrogen (secondary N) is 1. The van der Waals surface area contributed by atoms with E-state index in [4.69, 9.17) is 4.74 Å². The van der Waals surface area contributed by atoms with E-state index in [1.807, 2.05) is 24.7 Å². The summed E-state index contributed by atoms with van der Waals surface area (Å²) in [5.74, 6) is 1.08. The molecule has 7 heteroatoms. The summed E-state index contributed by atoms with van der Waals surface area (Å²) in [6.07, 6.45) is 6.53. The Balaban J connectivity index is 1.27. The third-order valence-corrected chi connectivity index (χ3v) is 5.27. The van der Waals surface area contributed by atoms with Gasteiger partial charge in [0.15, 0.2) is 0 Å².